The number of hydrogen-bond donors (Lipinski definition) is 1. The Balaban J connectivity index is 1.44. The molecule has 1 aromatic heterocycles. The number of carbonyl (C=O) groups excluding carboxylic acids is 1. The lowest BCUT2D eigenvalue weighted by atomic mass is 9.97. The molecule has 0 spiro atoms. The van der Waals surface area contributed by atoms with Crippen LogP contribution in [0.4, 0.5) is 10.1 Å². The molecule has 1 saturated heterocycles. The number of rotatable bonds is 5. The molecule has 29 heavy (non-hydrogen) atoms. The van der Waals surface area contributed by atoms with Crippen LogP contribution in [0.3, 0.4) is 0 Å². The number of imidazole rings is 1. The van der Waals surface area contributed by atoms with Crippen LogP contribution in [0.2, 0.25) is 5.02 Å². The number of nitrogens with one attached hydrogen (secondary N) is 1. The van der Waals surface area contributed by atoms with Crippen molar-refractivity contribution in [1.82, 2.24) is 14.5 Å². The van der Waals surface area contributed by atoms with E-state index in [1.165, 1.54) is 18.2 Å². The fraction of sp³-hybridized carbons (Fsp3) is 0.364. The second-order valence-electron chi connectivity index (χ2n) is 7.45. The third-order valence-corrected chi connectivity index (χ3v) is 5.77. The zero-order valence-corrected chi connectivity index (χ0v) is 17.1. The standard InChI is InChI=1S/C22H24ClFN4O/c1-2-28-20-8-4-3-7-19(20)26-21(28)14-27-11-5-6-15(13-27)22(29)25-16-9-10-18(24)17(23)12-16/h3-4,7-10,12,15H,2,5-6,11,13-14H2,1H3,(H,25,29)/t15-/m0/s1. The molecule has 152 valence electrons. The van der Waals surface area contributed by atoms with E-state index in [0.717, 1.165) is 42.8 Å². The number of para-hydroxylation sites is 2. The van der Waals surface area contributed by atoms with Gasteiger partial charge in [-0.15, -0.1) is 0 Å². The number of aromatic nitrogens is 2. The van der Waals surface area contributed by atoms with Crippen molar-refractivity contribution in [3.05, 3.63) is 59.1 Å². The largest absolute Gasteiger partial charge is 0.327 e. The summed E-state index contributed by atoms with van der Waals surface area (Å²) in [5.41, 5.74) is 2.67. The van der Waals surface area contributed by atoms with E-state index in [9.17, 15) is 9.18 Å². The third kappa shape index (κ3) is 4.28. The number of hydrogen-bond acceptors (Lipinski definition) is 3. The molecule has 0 bridgehead atoms. The van der Waals surface area contributed by atoms with Crippen molar-refractivity contribution in [3.63, 3.8) is 0 Å². The molecule has 3 aromatic rings. The summed E-state index contributed by atoms with van der Waals surface area (Å²) in [5, 5.41) is 2.88. The highest BCUT2D eigenvalue weighted by atomic mass is 35.5. The van der Waals surface area contributed by atoms with Crippen molar-refractivity contribution >= 4 is 34.2 Å². The third-order valence-electron chi connectivity index (χ3n) is 5.48. The Morgan fingerprint density at radius 3 is 2.93 bits per heavy atom. The van der Waals surface area contributed by atoms with E-state index in [4.69, 9.17) is 16.6 Å². The van der Waals surface area contributed by atoms with Crippen LogP contribution in [0.1, 0.15) is 25.6 Å². The molecule has 0 unspecified atom stereocenters. The first-order valence-electron chi connectivity index (χ1n) is 9.97. The van der Waals surface area contributed by atoms with Crippen LogP contribution in [0, 0.1) is 11.7 Å². The summed E-state index contributed by atoms with van der Waals surface area (Å²) in [7, 11) is 0. The molecule has 1 N–H and O–H groups in total. The molecular weight excluding hydrogens is 391 g/mol. The topological polar surface area (TPSA) is 50.2 Å². The van der Waals surface area contributed by atoms with E-state index in [1.54, 1.807) is 0 Å². The van der Waals surface area contributed by atoms with Crippen molar-refractivity contribution in [2.75, 3.05) is 18.4 Å². The van der Waals surface area contributed by atoms with Crippen molar-refractivity contribution in [1.29, 1.82) is 0 Å². The van der Waals surface area contributed by atoms with Gasteiger partial charge in [0.1, 0.15) is 11.6 Å². The van der Waals surface area contributed by atoms with Crippen molar-refractivity contribution in [2.24, 2.45) is 5.92 Å². The maximum Gasteiger partial charge on any atom is 0.228 e. The summed E-state index contributed by atoms with van der Waals surface area (Å²) in [4.78, 5) is 19.8. The van der Waals surface area contributed by atoms with Gasteiger partial charge in [0.15, 0.2) is 0 Å². The smallest absolute Gasteiger partial charge is 0.228 e. The number of benzene rings is 2. The summed E-state index contributed by atoms with van der Waals surface area (Å²) in [6.07, 6.45) is 1.79. The van der Waals surface area contributed by atoms with Crippen LogP contribution in [0.15, 0.2) is 42.5 Å². The Hall–Kier alpha value is -2.44. The quantitative estimate of drug-likeness (QED) is 0.658. The van der Waals surface area contributed by atoms with Gasteiger partial charge >= 0.3 is 0 Å². The van der Waals surface area contributed by atoms with Gasteiger partial charge in [-0.25, -0.2) is 9.37 Å². The van der Waals surface area contributed by atoms with Gasteiger partial charge in [-0.3, -0.25) is 9.69 Å². The molecule has 1 aliphatic heterocycles. The van der Waals surface area contributed by atoms with Crippen LogP contribution in [0.5, 0.6) is 0 Å². The molecule has 0 aliphatic carbocycles. The van der Waals surface area contributed by atoms with Crippen LogP contribution >= 0.6 is 11.6 Å². The number of anilines is 1. The molecule has 4 rings (SSSR count). The number of amides is 1. The van der Waals surface area contributed by atoms with Crippen LogP contribution in [-0.4, -0.2) is 33.4 Å². The Kier molecular flexibility index (Phi) is 5.83. The maximum atomic E-state index is 13.3. The minimum absolute atomic E-state index is 0.00605. The second kappa shape index (κ2) is 8.51. The molecule has 1 amide bonds. The van der Waals surface area contributed by atoms with Gasteiger partial charge in [0.05, 0.1) is 28.5 Å². The van der Waals surface area contributed by atoms with Gasteiger partial charge in [-0.05, 0) is 56.6 Å². The Morgan fingerprint density at radius 1 is 1.31 bits per heavy atom. The van der Waals surface area contributed by atoms with E-state index in [-0.39, 0.29) is 16.8 Å². The number of piperidine rings is 1. The molecule has 1 aliphatic rings. The number of carbonyl (C=O) groups is 1. The normalized spacial score (nSPS) is 17.6. The number of aryl methyl sites for hydroxylation is 1. The van der Waals surface area contributed by atoms with E-state index in [0.29, 0.717) is 18.8 Å². The van der Waals surface area contributed by atoms with Gasteiger partial charge in [-0.1, -0.05) is 23.7 Å². The predicted octanol–water partition coefficient (Wildman–Crippen LogP) is 4.70. The second-order valence-corrected chi connectivity index (χ2v) is 7.86. The minimum atomic E-state index is -0.493. The van der Waals surface area contributed by atoms with Crippen molar-refractivity contribution in [3.8, 4) is 0 Å². The fourth-order valence-corrected chi connectivity index (χ4v) is 4.21. The molecule has 1 fully saturated rings. The maximum absolute atomic E-state index is 13.3. The lowest BCUT2D eigenvalue weighted by Gasteiger charge is -2.31. The van der Waals surface area contributed by atoms with Crippen molar-refractivity contribution in [2.45, 2.75) is 32.9 Å². The SMILES string of the molecule is CCn1c(CN2CCC[C@H](C(=O)Nc3ccc(F)c(Cl)c3)C2)nc2ccccc21. The number of halogens is 2. The Labute approximate surface area is 174 Å². The summed E-state index contributed by atoms with van der Waals surface area (Å²) in [6, 6.07) is 12.4. The summed E-state index contributed by atoms with van der Waals surface area (Å²) in [5.74, 6) is 0.362. The average molecular weight is 415 g/mol. The molecule has 2 heterocycles. The number of likely N-dealkylation sites (tertiary alicyclic amines) is 1. The molecular formula is C22H24ClFN4O. The first-order chi connectivity index (χ1) is 14.0. The number of fused-ring (bicyclic) bond motifs is 1. The summed E-state index contributed by atoms with van der Waals surface area (Å²) >= 11 is 5.81. The molecule has 5 nitrogen and oxygen atoms in total. The fourth-order valence-electron chi connectivity index (χ4n) is 4.03. The average Bonchev–Trinajstić information content (AvgIpc) is 3.07. The van der Waals surface area contributed by atoms with Gasteiger partial charge in [0, 0.05) is 18.8 Å². The van der Waals surface area contributed by atoms with E-state index in [1.807, 2.05) is 18.2 Å². The van der Waals surface area contributed by atoms with Gasteiger partial charge in [-0.2, -0.15) is 0 Å². The molecule has 2 aromatic carbocycles. The predicted molar refractivity (Wildman–Crippen MR) is 113 cm³/mol. The highest BCUT2D eigenvalue weighted by Crippen LogP contribution is 2.24. The Bertz CT molecular complexity index is 1030. The first kappa shape index (κ1) is 19.9. The first-order valence-corrected chi connectivity index (χ1v) is 10.4. The van der Waals surface area contributed by atoms with Gasteiger partial charge in [0.2, 0.25) is 5.91 Å². The van der Waals surface area contributed by atoms with Crippen LogP contribution in [-0.2, 0) is 17.9 Å². The molecule has 7 heteroatoms. The Morgan fingerprint density at radius 2 is 2.14 bits per heavy atom. The highest BCUT2D eigenvalue weighted by molar-refractivity contribution is 6.31. The van der Waals surface area contributed by atoms with Crippen LogP contribution < -0.4 is 5.32 Å². The lowest BCUT2D eigenvalue weighted by Crippen LogP contribution is -2.40. The van der Waals surface area contributed by atoms with Gasteiger partial charge in [0.25, 0.3) is 0 Å². The molecule has 0 radical (unpaired) electrons. The highest BCUT2D eigenvalue weighted by Gasteiger charge is 2.27. The lowest BCUT2D eigenvalue weighted by molar-refractivity contribution is -0.121. The molecule has 0 saturated carbocycles. The van der Waals surface area contributed by atoms with E-state index in [2.05, 4.69) is 27.8 Å². The van der Waals surface area contributed by atoms with Gasteiger partial charge < -0.3 is 9.88 Å². The minimum Gasteiger partial charge on any atom is -0.327 e. The van der Waals surface area contributed by atoms with Crippen molar-refractivity contribution < 1.29 is 9.18 Å². The van der Waals surface area contributed by atoms with Crippen LogP contribution in [0.25, 0.3) is 11.0 Å². The summed E-state index contributed by atoms with van der Waals surface area (Å²) < 4.78 is 15.6. The monoisotopic (exact) mass is 414 g/mol. The zero-order chi connectivity index (χ0) is 20.4. The summed E-state index contributed by atoms with van der Waals surface area (Å²) in [6.45, 7) is 5.32. The molecule has 1 atom stereocenters. The number of nitrogens with zero attached hydrogens (tertiary/aromatic N) is 3. The van der Waals surface area contributed by atoms with E-state index < -0.39 is 5.82 Å². The zero-order valence-electron chi connectivity index (χ0n) is 16.4. The van der Waals surface area contributed by atoms with E-state index >= 15 is 0 Å².